The summed E-state index contributed by atoms with van der Waals surface area (Å²) in [5.41, 5.74) is 2.00. The lowest BCUT2D eigenvalue weighted by Crippen LogP contribution is -2.36. The summed E-state index contributed by atoms with van der Waals surface area (Å²) >= 11 is 0. The van der Waals surface area contributed by atoms with Crippen molar-refractivity contribution >= 4 is 23.5 Å². The molecule has 0 atom stereocenters. The molecule has 1 aliphatic heterocycles. The monoisotopic (exact) mass is 356 g/mol. The topological polar surface area (TPSA) is 75.7 Å². The highest BCUT2D eigenvalue weighted by atomic mass is 19.1. The van der Waals surface area contributed by atoms with Crippen LogP contribution >= 0.6 is 0 Å². The van der Waals surface area contributed by atoms with Gasteiger partial charge in [0, 0.05) is 17.8 Å². The number of nitrogens with zero attached hydrogens (tertiary/aromatic N) is 1. The van der Waals surface area contributed by atoms with Crippen LogP contribution in [0.25, 0.3) is 0 Å². The number of halogens is 1. The maximum Gasteiger partial charge on any atom is 0.325 e. The average molecular weight is 356 g/mol. The molecule has 0 fully saturated rings. The van der Waals surface area contributed by atoms with Gasteiger partial charge >= 0.3 is 5.97 Å². The summed E-state index contributed by atoms with van der Waals surface area (Å²) in [7, 11) is 0. The van der Waals surface area contributed by atoms with Crippen molar-refractivity contribution in [2.75, 3.05) is 24.6 Å². The predicted octanol–water partition coefficient (Wildman–Crippen LogP) is 1.69. The third-order valence-corrected chi connectivity index (χ3v) is 4.02. The lowest BCUT2D eigenvalue weighted by Gasteiger charge is -2.17. The molecule has 6 nitrogen and oxygen atoms in total. The number of para-hydroxylation sites is 1. The largest absolute Gasteiger partial charge is 0.454 e. The molecule has 2 aromatic rings. The minimum atomic E-state index is -0.740. The van der Waals surface area contributed by atoms with Crippen LogP contribution in [0.4, 0.5) is 10.1 Å². The van der Waals surface area contributed by atoms with Gasteiger partial charge in [0.15, 0.2) is 6.61 Å². The Balaban J connectivity index is 1.46. The lowest BCUT2D eigenvalue weighted by atomic mass is 10.2. The SMILES string of the molecule is O=C(CNC(=O)c1cccc(F)c1)OCC(=O)N1CCc2ccccc21. The van der Waals surface area contributed by atoms with Crippen molar-refractivity contribution in [3.8, 4) is 0 Å². The van der Waals surface area contributed by atoms with Crippen LogP contribution in [0.1, 0.15) is 15.9 Å². The number of anilines is 1. The zero-order valence-electron chi connectivity index (χ0n) is 13.9. The molecule has 7 heteroatoms. The second-order valence-electron chi connectivity index (χ2n) is 5.78. The predicted molar refractivity (Wildman–Crippen MR) is 92.2 cm³/mol. The van der Waals surface area contributed by atoms with Crippen LogP contribution in [0.2, 0.25) is 0 Å². The Bertz CT molecular complexity index is 853. The van der Waals surface area contributed by atoms with Crippen LogP contribution in [0.15, 0.2) is 48.5 Å². The standard InChI is InChI=1S/C19H17FN2O4/c20-15-6-3-5-14(10-15)19(25)21-11-18(24)26-12-17(23)22-9-8-13-4-1-2-7-16(13)22/h1-7,10H,8-9,11-12H2,(H,21,25). The van der Waals surface area contributed by atoms with Gasteiger partial charge in [0.1, 0.15) is 12.4 Å². The van der Waals surface area contributed by atoms with E-state index < -0.39 is 30.8 Å². The van der Waals surface area contributed by atoms with E-state index in [0.717, 1.165) is 23.7 Å². The van der Waals surface area contributed by atoms with Crippen molar-refractivity contribution in [1.29, 1.82) is 0 Å². The van der Waals surface area contributed by atoms with Crippen molar-refractivity contribution in [1.82, 2.24) is 5.32 Å². The van der Waals surface area contributed by atoms with Crippen LogP contribution in [0.3, 0.4) is 0 Å². The van der Waals surface area contributed by atoms with E-state index in [9.17, 15) is 18.8 Å². The molecule has 1 aliphatic rings. The smallest absolute Gasteiger partial charge is 0.325 e. The Morgan fingerprint density at radius 1 is 1.12 bits per heavy atom. The van der Waals surface area contributed by atoms with E-state index in [1.54, 1.807) is 4.90 Å². The van der Waals surface area contributed by atoms with Crippen molar-refractivity contribution in [3.63, 3.8) is 0 Å². The third-order valence-electron chi connectivity index (χ3n) is 4.02. The maximum atomic E-state index is 13.1. The van der Waals surface area contributed by atoms with E-state index in [-0.39, 0.29) is 11.5 Å². The fourth-order valence-electron chi connectivity index (χ4n) is 2.75. The summed E-state index contributed by atoms with van der Waals surface area (Å²) in [6.45, 7) is -0.256. The zero-order chi connectivity index (χ0) is 18.5. The summed E-state index contributed by atoms with van der Waals surface area (Å²) in [5, 5.41) is 2.33. The Hall–Kier alpha value is -3.22. The molecule has 0 saturated carbocycles. The minimum Gasteiger partial charge on any atom is -0.454 e. The van der Waals surface area contributed by atoms with Crippen LogP contribution < -0.4 is 10.2 Å². The van der Waals surface area contributed by atoms with Gasteiger partial charge in [0.25, 0.3) is 11.8 Å². The van der Waals surface area contributed by atoms with Crippen molar-refractivity contribution in [3.05, 3.63) is 65.5 Å². The molecule has 0 aromatic heterocycles. The first-order valence-corrected chi connectivity index (χ1v) is 8.12. The summed E-state index contributed by atoms with van der Waals surface area (Å²) in [5.74, 6) is -2.20. The summed E-state index contributed by atoms with van der Waals surface area (Å²) < 4.78 is 18.0. The normalized spacial score (nSPS) is 12.4. The number of ether oxygens (including phenoxy) is 1. The van der Waals surface area contributed by atoms with E-state index in [1.165, 1.54) is 18.2 Å². The number of hydrogen-bond donors (Lipinski definition) is 1. The third kappa shape index (κ3) is 4.05. The number of carbonyl (C=O) groups excluding carboxylic acids is 3. The van der Waals surface area contributed by atoms with Gasteiger partial charge in [0.05, 0.1) is 0 Å². The highest BCUT2D eigenvalue weighted by Gasteiger charge is 2.24. The van der Waals surface area contributed by atoms with Crippen molar-refractivity contribution < 1.29 is 23.5 Å². The van der Waals surface area contributed by atoms with Gasteiger partial charge in [-0.15, -0.1) is 0 Å². The molecular formula is C19H17FN2O4. The summed E-state index contributed by atoms with van der Waals surface area (Å²) in [6.07, 6.45) is 0.763. The Morgan fingerprint density at radius 2 is 1.92 bits per heavy atom. The number of amides is 2. The fourth-order valence-corrected chi connectivity index (χ4v) is 2.75. The quantitative estimate of drug-likeness (QED) is 0.828. The van der Waals surface area contributed by atoms with Gasteiger partial charge in [-0.05, 0) is 36.2 Å². The molecule has 0 spiro atoms. The van der Waals surface area contributed by atoms with Gasteiger partial charge in [-0.2, -0.15) is 0 Å². The zero-order valence-corrected chi connectivity index (χ0v) is 13.9. The van der Waals surface area contributed by atoms with Gasteiger partial charge in [0.2, 0.25) is 0 Å². The molecular weight excluding hydrogens is 339 g/mol. The van der Waals surface area contributed by atoms with E-state index in [1.807, 2.05) is 24.3 Å². The molecule has 0 radical (unpaired) electrons. The van der Waals surface area contributed by atoms with Gasteiger partial charge < -0.3 is 15.0 Å². The van der Waals surface area contributed by atoms with E-state index in [4.69, 9.17) is 4.74 Å². The van der Waals surface area contributed by atoms with Crippen LogP contribution in [-0.2, 0) is 20.7 Å². The molecule has 0 bridgehead atoms. The summed E-state index contributed by atoms with van der Waals surface area (Å²) in [6, 6.07) is 12.7. The molecule has 1 heterocycles. The van der Waals surface area contributed by atoms with Crippen molar-refractivity contribution in [2.24, 2.45) is 0 Å². The van der Waals surface area contributed by atoms with Crippen molar-refractivity contribution in [2.45, 2.75) is 6.42 Å². The minimum absolute atomic E-state index is 0.0996. The number of fused-ring (bicyclic) bond motifs is 1. The Labute approximate surface area is 149 Å². The number of nitrogens with one attached hydrogen (secondary N) is 1. The van der Waals surface area contributed by atoms with Gasteiger partial charge in [-0.3, -0.25) is 14.4 Å². The average Bonchev–Trinajstić information content (AvgIpc) is 3.08. The van der Waals surface area contributed by atoms with Gasteiger partial charge in [-0.1, -0.05) is 24.3 Å². The number of hydrogen-bond acceptors (Lipinski definition) is 4. The molecule has 0 unspecified atom stereocenters. The molecule has 0 saturated heterocycles. The number of rotatable bonds is 5. The van der Waals surface area contributed by atoms with E-state index >= 15 is 0 Å². The fraction of sp³-hybridized carbons (Fsp3) is 0.211. The van der Waals surface area contributed by atoms with E-state index in [0.29, 0.717) is 6.54 Å². The molecule has 134 valence electrons. The van der Waals surface area contributed by atoms with Crippen LogP contribution in [0, 0.1) is 5.82 Å². The molecule has 2 amide bonds. The lowest BCUT2D eigenvalue weighted by molar-refractivity contribution is -0.146. The molecule has 0 aliphatic carbocycles. The Morgan fingerprint density at radius 3 is 2.73 bits per heavy atom. The highest BCUT2D eigenvalue weighted by Crippen LogP contribution is 2.27. The highest BCUT2D eigenvalue weighted by molar-refractivity contribution is 5.98. The second-order valence-corrected chi connectivity index (χ2v) is 5.78. The van der Waals surface area contributed by atoms with Crippen LogP contribution in [-0.4, -0.2) is 37.5 Å². The van der Waals surface area contributed by atoms with Crippen LogP contribution in [0.5, 0.6) is 0 Å². The Kier molecular flexibility index (Phi) is 5.26. The maximum absolute atomic E-state index is 13.1. The number of benzene rings is 2. The van der Waals surface area contributed by atoms with Gasteiger partial charge in [-0.25, -0.2) is 4.39 Å². The molecule has 1 N–H and O–H groups in total. The first kappa shape index (κ1) is 17.6. The summed E-state index contributed by atoms with van der Waals surface area (Å²) in [4.78, 5) is 37.4. The second kappa shape index (κ2) is 7.77. The molecule has 26 heavy (non-hydrogen) atoms. The molecule has 2 aromatic carbocycles. The number of esters is 1. The molecule has 3 rings (SSSR count). The van der Waals surface area contributed by atoms with E-state index in [2.05, 4.69) is 5.32 Å². The first-order chi connectivity index (χ1) is 12.5. The number of carbonyl (C=O) groups is 3. The first-order valence-electron chi connectivity index (χ1n) is 8.12.